The molecule has 2 N–H and O–H groups in total. The molecule has 9 heteroatoms. The lowest BCUT2D eigenvalue weighted by atomic mass is 10.0. The van der Waals surface area contributed by atoms with Crippen LogP contribution in [0.1, 0.15) is 39.5 Å². The van der Waals surface area contributed by atoms with E-state index < -0.39 is 0 Å². The molecule has 6 aromatic heterocycles. The Hall–Kier alpha value is -9.27. The minimum atomic E-state index is 0.726. The molecule has 0 atom stereocenters. The Morgan fingerprint density at radius 3 is 1.06 bits per heavy atom. The highest BCUT2D eigenvalue weighted by molar-refractivity contribution is 7.78. The van der Waals surface area contributed by atoms with Crippen molar-refractivity contribution in [3.05, 3.63) is 234 Å². The Morgan fingerprint density at radius 1 is 0.389 bits per heavy atom. The van der Waals surface area contributed by atoms with Crippen LogP contribution in [0.25, 0.3) is 108 Å². The number of fused-ring (bicyclic) bond motifs is 8. The highest BCUT2D eigenvalue weighted by Gasteiger charge is 2.25. The Balaban J connectivity index is 1.25. The van der Waals surface area contributed by atoms with Crippen LogP contribution in [0.2, 0.25) is 0 Å². The van der Waals surface area contributed by atoms with Gasteiger partial charge in [-0.05, 0) is 134 Å². The first-order valence-corrected chi connectivity index (χ1v) is 24.4. The molecule has 0 fully saturated rings. The van der Waals surface area contributed by atoms with E-state index in [1.807, 2.05) is 12.1 Å². The molecule has 2 aliphatic rings. The van der Waals surface area contributed by atoms with Gasteiger partial charge in [0.25, 0.3) is 0 Å². The fourth-order valence-electron chi connectivity index (χ4n) is 9.83. The zero-order chi connectivity index (χ0) is 48.7. The second kappa shape index (κ2) is 18.6. The Kier molecular flexibility index (Phi) is 11.3. The van der Waals surface area contributed by atoms with E-state index in [4.69, 9.17) is 22.2 Å². The number of aromatic nitrogens is 7. The third-order valence-corrected chi connectivity index (χ3v) is 13.5. The summed E-state index contributed by atoms with van der Waals surface area (Å²) in [5.41, 5.74) is 22.1. The number of aryl methyl sites for hydroxylation is 3. The number of aromatic amines is 2. The van der Waals surface area contributed by atoms with Gasteiger partial charge in [0, 0.05) is 98.9 Å². The molecule has 0 saturated carbocycles. The molecule has 0 spiro atoms. The summed E-state index contributed by atoms with van der Waals surface area (Å²) in [5, 5.41) is 2.52. The van der Waals surface area contributed by atoms with Gasteiger partial charge in [-0.25, -0.2) is 9.97 Å². The molecule has 342 valence electrons. The number of thiocarbonyl (C=S) groups is 1. The van der Waals surface area contributed by atoms with E-state index in [1.54, 1.807) is 0 Å². The molecule has 12 rings (SSSR count). The van der Waals surface area contributed by atoms with Crippen molar-refractivity contribution in [1.82, 2.24) is 19.9 Å². The van der Waals surface area contributed by atoms with Crippen LogP contribution in [0.5, 0.6) is 0 Å². The van der Waals surface area contributed by atoms with Gasteiger partial charge in [-0.2, -0.15) is 18.7 Å². The number of para-hydroxylation sites is 3. The van der Waals surface area contributed by atoms with E-state index in [-0.39, 0.29) is 0 Å². The van der Waals surface area contributed by atoms with Gasteiger partial charge in [0.15, 0.2) is 37.2 Å². The van der Waals surface area contributed by atoms with Crippen LogP contribution in [0.15, 0.2) is 200 Å². The smallest absolute Gasteiger partial charge is 0.218 e. The SMILES string of the molecule is Cc1cc[n+](-c2ccccc2-c2c3nc(c(-c4ccccc4-[n+]4ccc(C)cc4)c4ccc([nH]4)c(-c4ccccc4-[n+]4ccc(C)cc4)c4nc(c(-c5ccc(N=C=S)cc5)c5ccc2[nH]5)C=C4)C=C3)cc1. The summed E-state index contributed by atoms with van der Waals surface area (Å²) in [6, 6.07) is 55.2. The summed E-state index contributed by atoms with van der Waals surface area (Å²) in [4.78, 5) is 23.5. The molecule has 8 bridgehead atoms. The minimum absolute atomic E-state index is 0.726. The molecule has 0 saturated heterocycles. The second-order valence-electron chi connectivity index (χ2n) is 18.2. The Morgan fingerprint density at radius 2 is 0.708 bits per heavy atom. The molecule has 0 unspecified atom stereocenters. The summed E-state index contributed by atoms with van der Waals surface area (Å²) in [7, 11) is 0. The van der Waals surface area contributed by atoms with Gasteiger partial charge in [-0.3, -0.25) is 0 Å². The molecule has 10 aromatic rings. The Labute approximate surface area is 422 Å². The average molecular weight is 948 g/mol. The maximum absolute atomic E-state index is 5.69. The maximum atomic E-state index is 5.69. The minimum Gasteiger partial charge on any atom is -0.354 e. The largest absolute Gasteiger partial charge is 0.354 e. The number of isothiocyanates is 1. The van der Waals surface area contributed by atoms with E-state index in [0.29, 0.717) is 0 Å². The molecule has 72 heavy (non-hydrogen) atoms. The van der Waals surface area contributed by atoms with Gasteiger partial charge >= 0.3 is 0 Å². The summed E-state index contributed by atoms with van der Waals surface area (Å²) < 4.78 is 6.54. The van der Waals surface area contributed by atoms with E-state index in [2.05, 4.69) is 262 Å². The molecule has 8 heterocycles. The van der Waals surface area contributed by atoms with Crippen molar-refractivity contribution in [2.75, 3.05) is 0 Å². The monoisotopic (exact) mass is 947 g/mol. The number of nitrogens with zero attached hydrogens (tertiary/aromatic N) is 6. The summed E-state index contributed by atoms with van der Waals surface area (Å²) in [6.07, 6.45) is 21.3. The van der Waals surface area contributed by atoms with Crippen LogP contribution < -0.4 is 13.7 Å². The van der Waals surface area contributed by atoms with Gasteiger partial charge < -0.3 is 9.97 Å². The molecule has 8 nitrogen and oxygen atoms in total. The van der Waals surface area contributed by atoms with Gasteiger partial charge in [-0.15, -0.1) is 0 Å². The van der Waals surface area contributed by atoms with E-state index >= 15 is 0 Å². The third-order valence-electron chi connectivity index (χ3n) is 13.4. The Bertz CT molecular complexity index is 3960. The van der Waals surface area contributed by atoms with Crippen LogP contribution in [-0.4, -0.2) is 25.1 Å². The van der Waals surface area contributed by atoms with Crippen molar-refractivity contribution < 1.29 is 13.7 Å². The number of benzene rings is 4. The topological polar surface area (TPSA) is 81.4 Å². The molecule has 0 amide bonds. The first kappa shape index (κ1) is 44.0. The predicted octanol–water partition coefficient (Wildman–Crippen LogP) is 13.8. The quantitative estimate of drug-likeness (QED) is 0.0904. The lowest BCUT2D eigenvalue weighted by Crippen LogP contribution is -2.30. The molecular formula is C63H47N8S+3. The zero-order valence-corrected chi connectivity index (χ0v) is 40.7. The molecule has 2 aliphatic heterocycles. The predicted molar refractivity (Wildman–Crippen MR) is 294 cm³/mol. The van der Waals surface area contributed by atoms with Crippen molar-refractivity contribution in [1.29, 1.82) is 0 Å². The first-order valence-electron chi connectivity index (χ1n) is 23.9. The summed E-state index contributed by atoms with van der Waals surface area (Å²) in [5.74, 6) is 0. The number of hydrogen-bond acceptors (Lipinski definition) is 4. The number of hydrogen-bond donors (Lipinski definition) is 2. The lowest BCUT2D eigenvalue weighted by Gasteiger charge is -2.09. The van der Waals surface area contributed by atoms with Crippen molar-refractivity contribution >= 4 is 69.4 Å². The zero-order valence-electron chi connectivity index (χ0n) is 39.9. The van der Waals surface area contributed by atoms with Crippen LogP contribution >= 0.6 is 12.2 Å². The molecule has 0 aliphatic carbocycles. The molecule has 0 radical (unpaired) electrons. The van der Waals surface area contributed by atoms with Crippen molar-refractivity contribution in [3.8, 4) is 61.6 Å². The van der Waals surface area contributed by atoms with Gasteiger partial charge in [0.05, 0.1) is 50.3 Å². The highest BCUT2D eigenvalue weighted by Crippen LogP contribution is 2.40. The fourth-order valence-corrected chi connectivity index (χ4v) is 9.94. The first-order chi connectivity index (χ1) is 35.4. The third kappa shape index (κ3) is 8.18. The van der Waals surface area contributed by atoms with Crippen molar-refractivity contribution in [3.63, 3.8) is 0 Å². The van der Waals surface area contributed by atoms with E-state index in [0.717, 1.165) is 112 Å². The van der Waals surface area contributed by atoms with E-state index in [9.17, 15) is 0 Å². The maximum Gasteiger partial charge on any atom is 0.218 e. The average Bonchev–Trinajstić information content (AvgIpc) is 4.27. The van der Waals surface area contributed by atoms with Crippen molar-refractivity contribution in [2.24, 2.45) is 4.99 Å². The van der Waals surface area contributed by atoms with Crippen LogP contribution in [0.3, 0.4) is 0 Å². The van der Waals surface area contributed by atoms with E-state index in [1.165, 1.54) is 16.7 Å². The highest BCUT2D eigenvalue weighted by atomic mass is 32.1. The molecule has 4 aromatic carbocycles. The van der Waals surface area contributed by atoms with Gasteiger partial charge in [0.1, 0.15) is 0 Å². The summed E-state index contributed by atoms with van der Waals surface area (Å²) in [6.45, 7) is 6.33. The normalized spacial score (nSPS) is 11.7. The fraction of sp³-hybridized carbons (Fsp3) is 0.0476. The summed E-state index contributed by atoms with van der Waals surface area (Å²) >= 11 is 4.98. The van der Waals surface area contributed by atoms with Crippen LogP contribution in [0.4, 0.5) is 5.69 Å². The van der Waals surface area contributed by atoms with Crippen LogP contribution in [-0.2, 0) is 0 Å². The van der Waals surface area contributed by atoms with Crippen LogP contribution in [0, 0.1) is 20.8 Å². The standard InChI is InChI=1S/C63H47N8S/c1-41-28-34-69(35-29-41)57-13-7-4-10-46(57)61-51-22-20-49(65-51)60(44-16-18-45(19-17-44)64-40-72)50-21-23-52(66-50)62(47-11-5-8-14-58(47)70-36-30-42(2)31-37-70)54-25-27-56(68-54)63(55-26-24-53(61)67-55)48-12-6-9-15-59(48)71-38-32-43(3)33-39-71/h4-39,65,68H,1-3H3/q+3. The second-order valence-corrected chi connectivity index (χ2v) is 18.3. The number of aliphatic imine (C=N–C) groups is 1. The number of H-pyrrole nitrogens is 2. The number of nitrogens with one attached hydrogen (secondary N) is 2. The van der Waals surface area contributed by atoms with Gasteiger partial charge in [0.2, 0.25) is 17.1 Å². The van der Waals surface area contributed by atoms with Crippen molar-refractivity contribution in [2.45, 2.75) is 20.8 Å². The molecular weight excluding hydrogens is 901 g/mol. The van der Waals surface area contributed by atoms with Gasteiger partial charge in [-0.1, -0.05) is 48.5 Å². The number of pyridine rings is 3. The number of rotatable bonds is 8. The lowest BCUT2D eigenvalue weighted by molar-refractivity contribution is -0.595.